The predicted octanol–water partition coefficient (Wildman–Crippen LogP) is 1.22. The Morgan fingerprint density at radius 3 is 2.53 bits per heavy atom. The summed E-state index contributed by atoms with van der Waals surface area (Å²) in [7, 11) is -3.86. The summed E-state index contributed by atoms with van der Waals surface area (Å²) in [4.78, 5) is 11.4. The van der Waals surface area contributed by atoms with Gasteiger partial charge in [0.05, 0.1) is 10.2 Å². The van der Waals surface area contributed by atoms with E-state index in [-0.39, 0.29) is 21.6 Å². The van der Waals surface area contributed by atoms with Gasteiger partial charge >= 0.3 is 0 Å². The van der Waals surface area contributed by atoms with Crippen LogP contribution in [0.15, 0.2) is 23.1 Å². The van der Waals surface area contributed by atoms with E-state index in [4.69, 9.17) is 5.14 Å². The Balaban J connectivity index is 3.54. The Morgan fingerprint density at radius 2 is 2.07 bits per heavy atom. The zero-order valence-electron chi connectivity index (χ0n) is 8.03. The second kappa shape index (κ2) is 4.42. The molecule has 6 heteroatoms. The van der Waals surface area contributed by atoms with Crippen LogP contribution in [0.3, 0.4) is 0 Å². The van der Waals surface area contributed by atoms with Crippen LogP contribution in [0.2, 0.25) is 0 Å². The van der Waals surface area contributed by atoms with E-state index in [9.17, 15) is 13.2 Å². The Labute approximate surface area is 96.7 Å². The van der Waals surface area contributed by atoms with Crippen molar-refractivity contribution in [2.75, 3.05) is 5.33 Å². The van der Waals surface area contributed by atoms with Gasteiger partial charge in [-0.25, -0.2) is 13.6 Å². The monoisotopic (exact) mass is 291 g/mol. The van der Waals surface area contributed by atoms with Crippen molar-refractivity contribution in [3.8, 4) is 0 Å². The molecule has 0 radical (unpaired) electrons. The average molecular weight is 292 g/mol. The van der Waals surface area contributed by atoms with Crippen LogP contribution >= 0.6 is 15.9 Å². The normalized spacial score (nSPS) is 11.4. The largest absolute Gasteiger partial charge is 0.293 e. The van der Waals surface area contributed by atoms with Gasteiger partial charge in [0.2, 0.25) is 10.0 Å². The van der Waals surface area contributed by atoms with Crippen LogP contribution in [-0.4, -0.2) is 19.5 Å². The second-order valence-corrected chi connectivity index (χ2v) is 5.11. The molecule has 1 aromatic rings. The molecule has 82 valence electrons. The molecule has 0 aromatic heterocycles. The van der Waals surface area contributed by atoms with Crippen molar-refractivity contribution in [1.82, 2.24) is 0 Å². The lowest BCUT2D eigenvalue weighted by Gasteiger charge is -2.08. The average Bonchev–Trinajstić information content (AvgIpc) is 2.14. The first-order chi connectivity index (χ1) is 6.88. The first-order valence-corrected chi connectivity index (χ1v) is 6.76. The minimum absolute atomic E-state index is 0.0684. The minimum atomic E-state index is -3.86. The summed E-state index contributed by atoms with van der Waals surface area (Å²) < 4.78 is 22.6. The summed E-state index contributed by atoms with van der Waals surface area (Å²) in [5, 5.41) is 5.12. The molecule has 4 nitrogen and oxygen atoms in total. The van der Waals surface area contributed by atoms with Crippen LogP contribution in [0.1, 0.15) is 15.9 Å². The van der Waals surface area contributed by atoms with Crippen molar-refractivity contribution in [3.63, 3.8) is 0 Å². The Bertz CT molecular complexity index is 496. The van der Waals surface area contributed by atoms with Crippen LogP contribution in [0.25, 0.3) is 0 Å². The number of rotatable bonds is 3. The predicted molar refractivity (Wildman–Crippen MR) is 60.7 cm³/mol. The van der Waals surface area contributed by atoms with Crippen molar-refractivity contribution in [2.45, 2.75) is 11.8 Å². The van der Waals surface area contributed by atoms with Crippen LogP contribution < -0.4 is 5.14 Å². The number of hydrogen-bond donors (Lipinski definition) is 1. The summed E-state index contributed by atoms with van der Waals surface area (Å²) in [6.07, 6.45) is 0. The van der Waals surface area contributed by atoms with Gasteiger partial charge in [0.1, 0.15) is 0 Å². The Hall–Kier alpha value is -0.720. The van der Waals surface area contributed by atoms with E-state index in [1.807, 2.05) is 0 Å². The number of ketones is 1. The fourth-order valence-electron chi connectivity index (χ4n) is 1.32. The standard InChI is InChI=1S/C9H10BrNO3S/c1-6-3-2-4-7(8(12)5-10)9(6)15(11,13)14/h2-4H,5H2,1H3,(H2,11,13,14). The third-order valence-electron chi connectivity index (χ3n) is 1.92. The third-order valence-corrected chi connectivity index (χ3v) is 3.54. The number of sulfonamides is 1. The zero-order chi connectivity index (χ0) is 11.6. The second-order valence-electron chi connectivity index (χ2n) is 3.05. The number of aryl methyl sites for hydroxylation is 1. The van der Waals surface area contributed by atoms with E-state index in [2.05, 4.69) is 15.9 Å². The molecule has 0 fully saturated rings. The van der Waals surface area contributed by atoms with Gasteiger partial charge in [-0.2, -0.15) is 0 Å². The smallest absolute Gasteiger partial charge is 0.239 e. The molecule has 0 atom stereocenters. The molecular weight excluding hydrogens is 282 g/mol. The molecule has 0 saturated heterocycles. The van der Waals surface area contributed by atoms with Crippen molar-refractivity contribution in [2.24, 2.45) is 5.14 Å². The lowest BCUT2D eigenvalue weighted by atomic mass is 10.1. The molecule has 1 aromatic carbocycles. The third kappa shape index (κ3) is 2.64. The van der Waals surface area contributed by atoms with E-state index in [0.717, 1.165) is 0 Å². The molecule has 0 spiro atoms. The summed E-state index contributed by atoms with van der Waals surface area (Å²) in [6, 6.07) is 4.68. The number of carbonyl (C=O) groups excluding carboxylic acids is 1. The lowest BCUT2D eigenvalue weighted by molar-refractivity contribution is 0.102. The quantitative estimate of drug-likeness (QED) is 0.672. The number of Topliss-reactive ketones (excluding diaryl/α,β-unsaturated/α-hetero) is 1. The van der Waals surface area contributed by atoms with Crippen LogP contribution in [0, 0.1) is 6.92 Å². The molecule has 0 bridgehead atoms. The number of nitrogens with two attached hydrogens (primary N) is 1. The van der Waals surface area contributed by atoms with Crippen LogP contribution in [-0.2, 0) is 10.0 Å². The van der Waals surface area contributed by atoms with Gasteiger partial charge in [-0.1, -0.05) is 28.1 Å². The number of carbonyl (C=O) groups is 1. The maximum Gasteiger partial charge on any atom is 0.239 e. The molecule has 0 aliphatic carbocycles. The van der Waals surface area contributed by atoms with E-state index in [1.165, 1.54) is 6.07 Å². The number of hydrogen-bond acceptors (Lipinski definition) is 3. The Kier molecular flexibility index (Phi) is 3.64. The number of alkyl halides is 1. The first kappa shape index (κ1) is 12.4. The summed E-state index contributed by atoms with van der Waals surface area (Å²) in [6.45, 7) is 1.60. The molecule has 0 heterocycles. The molecule has 0 unspecified atom stereocenters. The number of primary sulfonamides is 1. The van der Waals surface area contributed by atoms with E-state index in [1.54, 1.807) is 19.1 Å². The van der Waals surface area contributed by atoms with Crippen LogP contribution in [0.5, 0.6) is 0 Å². The van der Waals surface area contributed by atoms with Crippen LogP contribution in [0.4, 0.5) is 0 Å². The number of benzene rings is 1. The maximum atomic E-state index is 11.5. The molecule has 2 N–H and O–H groups in total. The molecule has 0 amide bonds. The molecule has 0 aliphatic heterocycles. The van der Waals surface area contributed by atoms with E-state index in [0.29, 0.717) is 5.56 Å². The minimum Gasteiger partial charge on any atom is -0.293 e. The molecule has 1 rings (SSSR count). The van der Waals surface area contributed by atoms with Gasteiger partial charge in [-0.3, -0.25) is 4.79 Å². The van der Waals surface area contributed by atoms with Gasteiger partial charge < -0.3 is 0 Å². The van der Waals surface area contributed by atoms with Gasteiger partial charge in [-0.05, 0) is 18.6 Å². The van der Waals surface area contributed by atoms with Gasteiger partial charge in [0, 0.05) is 5.56 Å². The molecule has 15 heavy (non-hydrogen) atoms. The zero-order valence-corrected chi connectivity index (χ0v) is 10.4. The topological polar surface area (TPSA) is 77.2 Å². The first-order valence-electron chi connectivity index (χ1n) is 4.09. The fourth-order valence-corrected chi connectivity index (χ4v) is 2.63. The van der Waals surface area contributed by atoms with Crippen molar-refractivity contribution in [3.05, 3.63) is 29.3 Å². The molecular formula is C9H10BrNO3S. The van der Waals surface area contributed by atoms with Crippen molar-refractivity contribution < 1.29 is 13.2 Å². The van der Waals surface area contributed by atoms with Gasteiger partial charge in [0.15, 0.2) is 5.78 Å². The van der Waals surface area contributed by atoms with E-state index >= 15 is 0 Å². The highest BCUT2D eigenvalue weighted by Gasteiger charge is 2.20. The fraction of sp³-hybridized carbons (Fsp3) is 0.222. The summed E-state index contributed by atoms with van der Waals surface area (Å²) in [5.74, 6) is -0.303. The maximum absolute atomic E-state index is 11.5. The highest BCUT2D eigenvalue weighted by Crippen LogP contribution is 2.19. The van der Waals surface area contributed by atoms with Crippen molar-refractivity contribution in [1.29, 1.82) is 0 Å². The molecule has 0 aliphatic rings. The van der Waals surface area contributed by atoms with Crippen molar-refractivity contribution >= 4 is 31.7 Å². The van der Waals surface area contributed by atoms with Gasteiger partial charge in [0.25, 0.3) is 0 Å². The highest BCUT2D eigenvalue weighted by atomic mass is 79.9. The molecule has 0 saturated carbocycles. The summed E-state index contributed by atoms with van der Waals surface area (Å²) in [5.41, 5.74) is 0.610. The van der Waals surface area contributed by atoms with E-state index < -0.39 is 10.0 Å². The lowest BCUT2D eigenvalue weighted by Crippen LogP contribution is -2.18. The van der Waals surface area contributed by atoms with Gasteiger partial charge in [-0.15, -0.1) is 0 Å². The number of halogens is 1. The highest BCUT2D eigenvalue weighted by molar-refractivity contribution is 9.09. The summed E-state index contributed by atoms with van der Waals surface area (Å²) >= 11 is 2.99. The SMILES string of the molecule is Cc1cccc(C(=O)CBr)c1S(N)(=O)=O. The Morgan fingerprint density at radius 1 is 1.47 bits per heavy atom.